The standard InChI is InChI=1S/C15H16ClNO2/c1-2-18-14-7-3-6-13(9-16)15(14)19-11-12-5-4-8-17-10-12/h3-8,10H,2,9,11H2,1H3. The van der Waals surface area contributed by atoms with Gasteiger partial charge in [-0.3, -0.25) is 4.98 Å². The topological polar surface area (TPSA) is 31.4 Å². The number of para-hydroxylation sites is 1. The zero-order valence-corrected chi connectivity index (χ0v) is 11.6. The number of alkyl halides is 1. The van der Waals surface area contributed by atoms with E-state index in [0.29, 0.717) is 24.8 Å². The van der Waals surface area contributed by atoms with Crippen molar-refractivity contribution in [3.63, 3.8) is 0 Å². The largest absolute Gasteiger partial charge is 0.490 e. The third-order valence-corrected chi connectivity index (χ3v) is 2.90. The molecule has 4 heteroatoms. The fourth-order valence-corrected chi connectivity index (χ4v) is 1.95. The molecule has 0 amide bonds. The third-order valence-electron chi connectivity index (χ3n) is 2.61. The zero-order chi connectivity index (χ0) is 13.5. The Kier molecular flexibility index (Phi) is 5.04. The minimum atomic E-state index is 0.392. The van der Waals surface area contributed by atoms with Crippen molar-refractivity contribution < 1.29 is 9.47 Å². The molecule has 0 aliphatic rings. The molecule has 0 radical (unpaired) electrons. The molecule has 0 saturated heterocycles. The fourth-order valence-electron chi connectivity index (χ4n) is 1.74. The van der Waals surface area contributed by atoms with Crippen LogP contribution < -0.4 is 9.47 Å². The number of hydrogen-bond donors (Lipinski definition) is 0. The Morgan fingerprint density at radius 1 is 1.16 bits per heavy atom. The number of halogens is 1. The molecule has 19 heavy (non-hydrogen) atoms. The minimum Gasteiger partial charge on any atom is -0.490 e. The molecule has 0 aliphatic carbocycles. The van der Waals surface area contributed by atoms with Gasteiger partial charge in [0.1, 0.15) is 6.61 Å². The average molecular weight is 278 g/mol. The molecule has 1 aromatic heterocycles. The van der Waals surface area contributed by atoms with Crippen molar-refractivity contribution in [1.29, 1.82) is 0 Å². The second-order valence-electron chi connectivity index (χ2n) is 3.96. The molecule has 100 valence electrons. The molecule has 0 atom stereocenters. The van der Waals surface area contributed by atoms with Gasteiger partial charge in [0, 0.05) is 23.5 Å². The smallest absolute Gasteiger partial charge is 0.166 e. The van der Waals surface area contributed by atoms with Crippen molar-refractivity contribution in [2.24, 2.45) is 0 Å². The predicted molar refractivity (Wildman–Crippen MR) is 75.7 cm³/mol. The van der Waals surface area contributed by atoms with E-state index < -0.39 is 0 Å². The van der Waals surface area contributed by atoms with Crippen molar-refractivity contribution in [3.05, 3.63) is 53.9 Å². The van der Waals surface area contributed by atoms with Crippen LogP contribution in [0.25, 0.3) is 0 Å². The van der Waals surface area contributed by atoms with Crippen LogP contribution in [0.2, 0.25) is 0 Å². The van der Waals surface area contributed by atoms with Crippen LogP contribution >= 0.6 is 11.6 Å². The van der Waals surface area contributed by atoms with Gasteiger partial charge in [-0.15, -0.1) is 11.6 Å². The van der Waals surface area contributed by atoms with Crippen LogP contribution in [-0.4, -0.2) is 11.6 Å². The first kappa shape index (κ1) is 13.7. The molecular weight excluding hydrogens is 262 g/mol. The Bertz CT molecular complexity index is 517. The van der Waals surface area contributed by atoms with E-state index in [9.17, 15) is 0 Å². The maximum Gasteiger partial charge on any atom is 0.166 e. The Morgan fingerprint density at radius 3 is 2.74 bits per heavy atom. The van der Waals surface area contributed by atoms with Gasteiger partial charge >= 0.3 is 0 Å². The first-order chi connectivity index (χ1) is 9.35. The van der Waals surface area contributed by atoms with E-state index in [-0.39, 0.29) is 0 Å². The second kappa shape index (κ2) is 7.00. The van der Waals surface area contributed by atoms with Crippen molar-refractivity contribution in [2.75, 3.05) is 6.61 Å². The number of rotatable bonds is 6. The molecule has 0 aliphatic heterocycles. The Balaban J connectivity index is 2.17. The number of aromatic nitrogens is 1. The summed E-state index contributed by atoms with van der Waals surface area (Å²) in [4.78, 5) is 4.06. The normalized spacial score (nSPS) is 10.2. The van der Waals surface area contributed by atoms with Crippen molar-refractivity contribution in [3.8, 4) is 11.5 Å². The van der Waals surface area contributed by atoms with E-state index in [1.165, 1.54) is 0 Å². The van der Waals surface area contributed by atoms with Crippen LogP contribution in [0.1, 0.15) is 18.1 Å². The highest BCUT2D eigenvalue weighted by molar-refractivity contribution is 6.17. The lowest BCUT2D eigenvalue weighted by atomic mass is 10.2. The van der Waals surface area contributed by atoms with Crippen molar-refractivity contribution in [1.82, 2.24) is 4.98 Å². The van der Waals surface area contributed by atoms with Gasteiger partial charge in [-0.2, -0.15) is 0 Å². The fraction of sp³-hybridized carbons (Fsp3) is 0.267. The van der Waals surface area contributed by atoms with E-state index in [4.69, 9.17) is 21.1 Å². The maximum absolute atomic E-state index is 5.94. The lowest BCUT2D eigenvalue weighted by molar-refractivity contribution is 0.267. The first-order valence-electron chi connectivity index (χ1n) is 6.17. The van der Waals surface area contributed by atoms with E-state index in [0.717, 1.165) is 16.9 Å². The van der Waals surface area contributed by atoms with Crippen LogP contribution in [0.5, 0.6) is 11.5 Å². The van der Waals surface area contributed by atoms with Gasteiger partial charge in [0.15, 0.2) is 11.5 Å². The van der Waals surface area contributed by atoms with Gasteiger partial charge < -0.3 is 9.47 Å². The van der Waals surface area contributed by atoms with Crippen LogP contribution in [-0.2, 0) is 12.5 Å². The second-order valence-corrected chi connectivity index (χ2v) is 4.23. The highest BCUT2D eigenvalue weighted by Gasteiger charge is 2.10. The number of nitrogens with zero attached hydrogens (tertiary/aromatic N) is 1. The molecule has 0 bridgehead atoms. The van der Waals surface area contributed by atoms with Gasteiger partial charge in [0.05, 0.1) is 12.5 Å². The van der Waals surface area contributed by atoms with Gasteiger partial charge in [0.25, 0.3) is 0 Å². The zero-order valence-electron chi connectivity index (χ0n) is 10.8. The van der Waals surface area contributed by atoms with Crippen LogP contribution in [0.15, 0.2) is 42.7 Å². The molecular formula is C15H16ClNO2. The number of ether oxygens (including phenoxy) is 2. The summed E-state index contributed by atoms with van der Waals surface area (Å²) in [6, 6.07) is 9.60. The Labute approximate surface area is 118 Å². The summed E-state index contributed by atoms with van der Waals surface area (Å²) in [6.07, 6.45) is 3.52. The predicted octanol–water partition coefficient (Wildman–Crippen LogP) is 3.80. The lowest BCUT2D eigenvalue weighted by Crippen LogP contribution is -2.02. The molecule has 0 unspecified atom stereocenters. The number of hydrogen-bond acceptors (Lipinski definition) is 3. The summed E-state index contributed by atoms with van der Waals surface area (Å²) in [5.74, 6) is 1.83. The van der Waals surface area contributed by atoms with Crippen LogP contribution in [0, 0.1) is 0 Å². The molecule has 0 fully saturated rings. The van der Waals surface area contributed by atoms with Gasteiger partial charge in [-0.25, -0.2) is 0 Å². The Morgan fingerprint density at radius 2 is 2.05 bits per heavy atom. The maximum atomic E-state index is 5.94. The monoisotopic (exact) mass is 277 g/mol. The molecule has 0 saturated carbocycles. The van der Waals surface area contributed by atoms with Crippen molar-refractivity contribution >= 4 is 11.6 Å². The molecule has 0 N–H and O–H groups in total. The van der Waals surface area contributed by atoms with E-state index >= 15 is 0 Å². The summed E-state index contributed by atoms with van der Waals surface area (Å²) >= 11 is 5.94. The highest BCUT2D eigenvalue weighted by Crippen LogP contribution is 2.33. The molecule has 1 aromatic carbocycles. The SMILES string of the molecule is CCOc1cccc(CCl)c1OCc1cccnc1. The average Bonchev–Trinajstić information content (AvgIpc) is 2.47. The van der Waals surface area contributed by atoms with E-state index in [1.807, 2.05) is 37.3 Å². The summed E-state index contributed by atoms with van der Waals surface area (Å²) < 4.78 is 11.4. The quantitative estimate of drug-likeness (QED) is 0.753. The van der Waals surface area contributed by atoms with Gasteiger partial charge in [-0.1, -0.05) is 18.2 Å². The van der Waals surface area contributed by atoms with Crippen molar-refractivity contribution in [2.45, 2.75) is 19.4 Å². The third kappa shape index (κ3) is 3.61. The van der Waals surface area contributed by atoms with Crippen LogP contribution in [0.4, 0.5) is 0 Å². The van der Waals surface area contributed by atoms with E-state index in [1.54, 1.807) is 12.4 Å². The van der Waals surface area contributed by atoms with E-state index in [2.05, 4.69) is 4.98 Å². The Hall–Kier alpha value is -1.74. The number of pyridine rings is 1. The summed E-state index contributed by atoms with van der Waals surface area (Å²) in [5.41, 5.74) is 1.94. The summed E-state index contributed by atoms with van der Waals surface area (Å²) in [5, 5.41) is 0. The molecule has 2 rings (SSSR count). The molecule has 2 aromatic rings. The first-order valence-corrected chi connectivity index (χ1v) is 6.71. The van der Waals surface area contributed by atoms with Gasteiger partial charge in [-0.05, 0) is 19.1 Å². The summed E-state index contributed by atoms with van der Waals surface area (Å²) in [6.45, 7) is 2.98. The lowest BCUT2D eigenvalue weighted by Gasteiger charge is -2.14. The molecule has 3 nitrogen and oxygen atoms in total. The molecule has 0 spiro atoms. The highest BCUT2D eigenvalue weighted by atomic mass is 35.5. The number of benzene rings is 1. The van der Waals surface area contributed by atoms with Crippen LogP contribution in [0.3, 0.4) is 0 Å². The molecule has 1 heterocycles. The summed E-state index contributed by atoms with van der Waals surface area (Å²) in [7, 11) is 0. The van der Waals surface area contributed by atoms with Gasteiger partial charge in [0.2, 0.25) is 0 Å². The minimum absolute atomic E-state index is 0.392.